The van der Waals surface area contributed by atoms with Gasteiger partial charge in [-0.05, 0) is 43.3 Å². The van der Waals surface area contributed by atoms with Crippen molar-refractivity contribution < 1.29 is 9.53 Å². The van der Waals surface area contributed by atoms with Crippen LogP contribution < -0.4 is 4.90 Å². The van der Waals surface area contributed by atoms with E-state index in [2.05, 4.69) is 21.4 Å². The minimum Gasteiger partial charge on any atom is -0.443 e. The zero-order valence-corrected chi connectivity index (χ0v) is 12.7. The summed E-state index contributed by atoms with van der Waals surface area (Å²) >= 11 is 0. The highest BCUT2D eigenvalue weighted by Crippen LogP contribution is 2.18. The van der Waals surface area contributed by atoms with E-state index in [1.807, 2.05) is 30.3 Å². The van der Waals surface area contributed by atoms with Crippen molar-refractivity contribution in [1.82, 2.24) is 20.2 Å². The lowest BCUT2D eigenvalue weighted by molar-refractivity contribution is 0.0582. The first-order chi connectivity index (χ1) is 10.4. The van der Waals surface area contributed by atoms with Gasteiger partial charge >= 0.3 is 6.09 Å². The van der Waals surface area contributed by atoms with E-state index in [-0.39, 0.29) is 12.5 Å². The third-order valence-electron chi connectivity index (χ3n) is 2.56. The molecule has 1 aromatic heterocycles. The molecule has 0 spiro atoms. The van der Waals surface area contributed by atoms with Gasteiger partial charge < -0.3 is 4.74 Å². The molecule has 7 nitrogen and oxygen atoms in total. The second-order valence-electron chi connectivity index (χ2n) is 5.50. The number of anilines is 1. The molecule has 0 N–H and O–H groups in total. The summed E-state index contributed by atoms with van der Waals surface area (Å²) in [4.78, 5) is 13.6. The van der Waals surface area contributed by atoms with Crippen molar-refractivity contribution in [3.63, 3.8) is 0 Å². The number of ether oxygens (including phenoxy) is 1. The van der Waals surface area contributed by atoms with Crippen molar-refractivity contribution in [3.05, 3.63) is 30.3 Å². The van der Waals surface area contributed by atoms with Gasteiger partial charge in [0.1, 0.15) is 5.60 Å². The van der Waals surface area contributed by atoms with Crippen LogP contribution >= 0.6 is 0 Å². The van der Waals surface area contributed by atoms with Gasteiger partial charge in [0.2, 0.25) is 0 Å². The summed E-state index contributed by atoms with van der Waals surface area (Å²) in [6, 6.07) is 9.21. The maximum atomic E-state index is 12.3. The zero-order valence-electron chi connectivity index (χ0n) is 12.7. The molecule has 1 aromatic carbocycles. The van der Waals surface area contributed by atoms with E-state index in [1.54, 1.807) is 20.8 Å². The lowest BCUT2D eigenvalue weighted by Crippen LogP contribution is -2.38. The molecule has 0 aliphatic rings. The smallest absolute Gasteiger partial charge is 0.418 e. The predicted molar refractivity (Wildman–Crippen MR) is 81.6 cm³/mol. The van der Waals surface area contributed by atoms with Crippen molar-refractivity contribution in [2.75, 3.05) is 11.4 Å². The molecule has 0 bridgehead atoms. The summed E-state index contributed by atoms with van der Waals surface area (Å²) < 4.78 is 6.78. The molecule has 7 heteroatoms. The standard InChI is InChI=1S/C15H17N5O2/c1-5-11-19(14(21)22-15(2,3)4)13-16-17-18-20(13)12-9-7-6-8-10-12/h1,6-10H,11H2,2-4H3. The minimum absolute atomic E-state index is 0.00210. The average Bonchev–Trinajstić information content (AvgIpc) is 2.92. The Labute approximate surface area is 128 Å². The van der Waals surface area contributed by atoms with Gasteiger partial charge in [-0.1, -0.05) is 29.2 Å². The molecule has 0 unspecified atom stereocenters. The van der Waals surface area contributed by atoms with E-state index in [9.17, 15) is 4.79 Å². The molecule has 2 rings (SSSR count). The lowest BCUT2D eigenvalue weighted by Gasteiger charge is -2.25. The van der Waals surface area contributed by atoms with Crippen LogP contribution in [0.1, 0.15) is 20.8 Å². The lowest BCUT2D eigenvalue weighted by atomic mass is 10.2. The van der Waals surface area contributed by atoms with Crippen LogP contribution in [0.15, 0.2) is 30.3 Å². The van der Waals surface area contributed by atoms with Crippen LogP contribution in [0.2, 0.25) is 0 Å². The van der Waals surface area contributed by atoms with Crippen molar-refractivity contribution in [3.8, 4) is 18.0 Å². The molecule has 0 fully saturated rings. The summed E-state index contributed by atoms with van der Waals surface area (Å²) in [5.74, 6) is 2.62. The first-order valence-electron chi connectivity index (χ1n) is 6.70. The fourth-order valence-corrected chi connectivity index (χ4v) is 1.71. The van der Waals surface area contributed by atoms with Gasteiger partial charge in [0.05, 0.1) is 12.2 Å². The summed E-state index contributed by atoms with van der Waals surface area (Å²) in [5, 5.41) is 11.4. The topological polar surface area (TPSA) is 73.1 Å². The van der Waals surface area contributed by atoms with Crippen LogP contribution in [-0.4, -0.2) is 38.4 Å². The van der Waals surface area contributed by atoms with Gasteiger partial charge in [0.25, 0.3) is 5.95 Å². The highest BCUT2D eigenvalue weighted by atomic mass is 16.6. The molecule has 2 aromatic rings. The predicted octanol–water partition coefficient (Wildman–Crippen LogP) is 2.04. The highest BCUT2D eigenvalue weighted by Gasteiger charge is 2.27. The SMILES string of the molecule is C#CCN(C(=O)OC(C)(C)C)c1nnnn1-c1ccccc1. The Bertz CT molecular complexity index is 682. The van der Waals surface area contributed by atoms with Crippen LogP contribution in [0.5, 0.6) is 0 Å². The minimum atomic E-state index is -0.644. The number of para-hydroxylation sites is 1. The van der Waals surface area contributed by atoms with E-state index >= 15 is 0 Å². The molecule has 22 heavy (non-hydrogen) atoms. The molecular weight excluding hydrogens is 282 g/mol. The number of hydrogen-bond donors (Lipinski definition) is 0. The Hall–Kier alpha value is -2.88. The summed E-state index contributed by atoms with van der Waals surface area (Å²) in [6.45, 7) is 5.33. The Morgan fingerprint density at radius 1 is 1.36 bits per heavy atom. The van der Waals surface area contributed by atoms with Gasteiger partial charge in [0, 0.05) is 0 Å². The molecule has 1 heterocycles. The molecule has 114 valence electrons. The van der Waals surface area contributed by atoms with Crippen LogP contribution in [0, 0.1) is 12.3 Å². The van der Waals surface area contributed by atoms with E-state index in [0.717, 1.165) is 0 Å². The van der Waals surface area contributed by atoms with E-state index < -0.39 is 11.7 Å². The fraction of sp³-hybridized carbons (Fsp3) is 0.333. The Morgan fingerprint density at radius 3 is 2.64 bits per heavy atom. The third kappa shape index (κ3) is 3.61. The summed E-state index contributed by atoms with van der Waals surface area (Å²) in [5.41, 5.74) is 0.0719. The fourth-order valence-electron chi connectivity index (χ4n) is 1.71. The Balaban J connectivity index is 2.37. The normalized spacial score (nSPS) is 10.8. The second-order valence-corrected chi connectivity index (χ2v) is 5.50. The van der Waals surface area contributed by atoms with E-state index in [1.165, 1.54) is 9.58 Å². The second kappa shape index (κ2) is 6.26. The number of benzene rings is 1. The number of aromatic nitrogens is 4. The Morgan fingerprint density at radius 2 is 2.05 bits per heavy atom. The maximum absolute atomic E-state index is 12.3. The van der Waals surface area contributed by atoms with Crippen LogP contribution in [-0.2, 0) is 4.74 Å². The number of terminal acetylenes is 1. The first-order valence-corrected chi connectivity index (χ1v) is 6.70. The average molecular weight is 299 g/mol. The molecule has 0 radical (unpaired) electrons. The zero-order chi connectivity index (χ0) is 16.2. The van der Waals surface area contributed by atoms with Crippen LogP contribution in [0.25, 0.3) is 5.69 Å². The number of tetrazole rings is 1. The number of carbonyl (C=O) groups is 1. The quantitative estimate of drug-likeness (QED) is 0.811. The molecule has 0 aliphatic heterocycles. The van der Waals surface area contributed by atoms with Gasteiger partial charge in [-0.3, -0.25) is 0 Å². The number of hydrogen-bond acceptors (Lipinski definition) is 5. The number of rotatable bonds is 3. The van der Waals surface area contributed by atoms with Crippen molar-refractivity contribution >= 4 is 12.0 Å². The Kier molecular flexibility index (Phi) is 4.41. The molecule has 0 saturated heterocycles. The van der Waals surface area contributed by atoms with Gasteiger partial charge in [0.15, 0.2) is 0 Å². The monoisotopic (exact) mass is 299 g/mol. The van der Waals surface area contributed by atoms with Gasteiger partial charge in [-0.2, -0.15) is 4.68 Å². The molecule has 0 atom stereocenters. The van der Waals surface area contributed by atoms with E-state index in [0.29, 0.717) is 5.69 Å². The molecular formula is C15H17N5O2. The molecule has 0 saturated carbocycles. The first kappa shape index (κ1) is 15.5. The van der Waals surface area contributed by atoms with Crippen LogP contribution in [0.4, 0.5) is 10.7 Å². The third-order valence-corrected chi connectivity index (χ3v) is 2.56. The number of carbonyl (C=O) groups excluding carboxylic acids is 1. The van der Waals surface area contributed by atoms with Crippen LogP contribution in [0.3, 0.4) is 0 Å². The van der Waals surface area contributed by atoms with Crippen molar-refractivity contribution in [2.45, 2.75) is 26.4 Å². The van der Waals surface area contributed by atoms with Crippen molar-refractivity contribution in [1.29, 1.82) is 0 Å². The largest absolute Gasteiger partial charge is 0.443 e. The highest BCUT2D eigenvalue weighted by molar-refractivity contribution is 5.86. The molecule has 1 amide bonds. The van der Waals surface area contributed by atoms with E-state index in [4.69, 9.17) is 11.2 Å². The summed E-state index contributed by atoms with van der Waals surface area (Å²) in [6.07, 6.45) is 4.75. The van der Waals surface area contributed by atoms with Gasteiger partial charge in [-0.15, -0.1) is 6.42 Å². The van der Waals surface area contributed by atoms with Crippen molar-refractivity contribution in [2.24, 2.45) is 0 Å². The maximum Gasteiger partial charge on any atom is 0.418 e. The number of nitrogens with zero attached hydrogens (tertiary/aromatic N) is 5. The number of amides is 1. The molecule has 0 aliphatic carbocycles. The van der Waals surface area contributed by atoms with Gasteiger partial charge in [-0.25, -0.2) is 9.69 Å². The summed E-state index contributed by atoms with van der Waals surface area (Å²) in [7, 11) is 0.